The summed E-state index contributed by atoms with van der Waals surface area (Å²) in [5.41, 5.74) is 0.474. The molecular weight excluding hydrogens is 487 g/mol. The van der Waals surface area contributed by atoms with Crippen molar-refractivity contribution < 1.29 is 27.5 Å². The fourth-order valence-corrected chi connectivity index (χ4v) is 4.37. The number of amides is 1. The maximum atomic E-state index is 13.0. The van der Waals surface area contributed by atoms with E-state index in [0.29, 0.717) is 29.1 Å². The van der Waals surface area contributed by atoms with E-state index in [1.165, 1.54) is 29.2 Å². The van der Waals surface area contributed by atoms with Crippen LogP contribution in [-0.4, -0.2) is 44.3 Å². The van der Waals surface area contributed by atoms with E-state index in [1.807, 2.05) is 0 Å². The number of benzene rings is 2. The zero-order chi connectivity index (χ0) is 26.0. The van der Waals surface area contributed by atoms with E-state index < -0.39 is 17.8 Å². The molecular formula is C26H22F3N5O3. The van der Waals surface area contributed by atoms with Gasteiger partial charge in [-0.2, -0.15) is 13.2 Å². The lowest BCUT2D eigenvalue weighted by molar-refractivity contribution is -0.137. The van der Waals surface area contributed by atoms with Crippen LogP contribution in [0.5, 0.6) is 11.6 Å². The molecule has 0 spiro atoms. The molecule has 8 nitrogen and oxygen atoms in total. The Bertz CT molecular complexity index is 1450. The van der Waals surface area contributed by atoms with Crippen LogP contribution in [0.2, 0.25) is 0 Å². The van der Waals surface area contributed by atoms with E-state index in [4.69, 9.17) is 4.74 Å². The molecule has 1 N–H and O–H groups in total. The van der Waals surface area contributed by atoms with Gasteiger partial charge in [-0.05, 0) is 61.9 Å². The fraction of sp³-hybridized carbons (Fsp3) is 0.231. The van der Waals surface area contributed by atoms with Crippen molar-refractivity contribution in [2.75, 3.05) is 11.9 Å². The van der Waals surface area contributed by atoms with E-state index in [1.54, 1.807) is 30.3 Å². The van der Waals surface area contributed by atoms with Crippen molar-refractivity contribution in [3.8, 4) is 11.6 Å². The number of ether oxygens (including phenoxy) is 1. The predicted octanol–water partition coefficient (Wildman–Crippen LogP) is 5.49. The van der Waals surface area contributed by atoms with Crippen molar-refractivity contribution in [1.29, 1.82) is 0 Å². The van der Waals surface area contributed by atoms with Gasteiger partial charge in [0.2, 0.25) is 5.88 Å². The number of anilines is 1. The van der Waals surface area contributed by atoms with E-state index in [9.17, 15) is 22.8 Å². The molecule has 37 heavy (non-hydrogen) atoms. The van der Waals surface area contributed by atoms with Crippen LogP contribution in [0.4, 0.5) is 23.7 Å². The smallest absolute Gasteiger partial charge is 0.416 e. The molecule has 1 aliphatic rings. The minimum atomic E-state index is -4.51. The zero-order valence-corrected chi connectivity index (χ0v) is 19.5. The molecule has 1 fully saturated rings. The van der Waals surface area contributed by atoms with Crippen molar-refractivity contribution in [1.82, 2.24) is 19.4 Å². The number of halogens is 3. The topological polar surface area (TPSA) is 89.4 Å². The highest BCUT2D eigenvalue weighted by atomic mass is 19.4. The molecule has 3 heterocycles. The van der Waals surface area contributed by atoms with Crippen LogP contribution >= 0.6 is 0 Å². The Kier molecular flexibility index (Phi) is 6.62. The van der Waals surface area contributed by atoms with Crippen molar-refractivity contribution >= 4 is 28.9 Å². The van der Waals surface area contributed by atoms with Crippen LogP contribution < -0.4 is 10.1 Å². The molecule has 190 valence electrons. The molecule has 4 aromatic rings. The van der Waals surface area contributed by atoms with Crippen LogP contribution in [0, 0.1) is 0 Å². The predicted molar refractivity (Wildman–Crippen MR) is 129 cm³/mol. The lowest BCUT2D eigenvalue weighted by atomic mass is 10.2. The summed E-state index contributed by atoms with van der Waals surface area (Å²) >= 11 is 0. The number of hydrogen-bond donors (Lipinski definition) is 1. The SMILES string of the molecule is O=C[C@H]1CCCN1Cc1cc(Oc2ccc3c(ccn3C(=O)Nc3cccc(C(F)(F)F)c3)c2)ncn1. The van der Waals surface area contributed by atoms with Gasteiger partial charge in [-0.15, -0.1) is 0 Å². The summed E-state index contributed by atoms with van der Waals surface area (Å²) in [6.45, 7) is 1.35. The maximum Gasteiger partial charge on any atom is 0.416 e. The molecule has 1 atom stereocenters. The summed E-state index contributed by atoms with van der Waals surface area (Å²) in [5.74, 6) is 0.827. The monoisotopic (exact) mass is 509 g/mol. The number of aldehydes is 1. The molecule has 0 aliphatic carbocycles. The Balaban J connectivity index is 1.29. The Morgan fingerprint density at radius 2 is 2.00 bits per heavy atom. The average molecular weight is 509 g/mol. The standard InChI is InChI=1S/C26H22F3N5O3/c27-26(28,29)18-3-1-4-19(12-18)32-25(36)34-10-8-17-11-22(6-7-23(17)34)37-24-13-20(30-16-31-24)14-33-9-2-5-21(33)15-35/h1,3-4,6-8,10-13,15-16,21H,2,5,9,14H2,(H,32,36)/t21-/m1/s1. The number of aromatic nitrogens is 3. The zero-order valence-electron chi connectivity index (χ0n) is 19.5. The number of alkyl halides is 3. The summed E-state index contributed by atoms with van der Waals surface area (Å²) in [5, 5.41) is 3.19. The third kappa shape index (κ3) is 5.46. The number of nitrogens with one attached hydrogen (secondary N) is 1. The van der Waals surface area contributed by atoms with E-state index in [2.05, 4.69) is 20.2 Å². The second-order valence-corrected chi connectivity index (χ2v) is 8.68. The fourth-order valence-electron chi connectivity index (χ4n) is 4.37. The first-order chi connectivity index (χ1) is 17.8. The van der Waals surface area contributed by atoms with Crippen molar-refractivity contribution in [2.24, 2.45) is 0 Å². The van der Waals surface area contributed by atoms with Crippen molar-refractivity contribution in [3.05, 3.63) is 78.4 Å². The maximum absolute atomic E-state index is 13.0. The number of fused-ring (bicyclic) bond motifs is 1. The van der Waals surface area contributed by atoms with Crippen molar-refractivity contribution in [2.45, 2.75) is 31.6 Å². The highest BCUT2D eigenvalue weighted by Gasteiger charge is 2.30. The Hall–Kier alpha value is -4.25. The Morgan fingerprint density at radius 3 is 2.81 bits per heavy atom. The first-order valence-corrected chi connectivity index (χ1v) is 11.6. The first-order valence-electron chi connectivity index (χ1n) is 11.6. The minimum Gasteiger partial charge on any atom is -0.439 e. The summed E-state index contributed by atoms with van der Waals surface area (Å²) in [6.07, 6.45) is 1.20. The highest BCUT2D eigenvalue weighted by Crippen LogP contribution is 2.31. The Labute approximate surface area is 209 Å². The molecule has 11 heteroatoms. The Morgan fingerprint density at radius 1 is 1.14 bits per heavy atom. The highest BCUT2D eigenvalue weighted by molar-refractivity contribution is 5.98. The molecule has 5 rings (SSSR count). The molecule has 1 aliphatic heterocycles. The summed E-state index contributed by atoms with van der Waals surface area (Å²) in [7, 11) is 0. The largest absolute Gasteiger partial charge is 0.439 e. The van der Waals surface area contributed by atoms with Crippen LogP contribution in [0.3, 0.4) is 0 Å². The van der Waals surface area contributed by atoms with Crippen LogP contribution in [0.25, 0.3) is 10.9 Å². The molecule has 1 saturated heterocycles. The van der Waals surface area contributed by atoms with Crippen LogP contribution in [0.1, 0.15) is 24.1 Å². The van der Waals surface area contributed by atoms with Gasteiger partial charge < -0.3 is 14.8 Å². The van der Waals surface area contributed by atoms with Crippen LogP contribution in [-0.2, 0) is 17.5 Å². The summed E-state index contributed by atoms with van der Waals surface area (Å²) < 4.78 is 46.1. The van der Waals surface area contributed by atoms with E-state index in [0.717, 1.165) is 43.5 Å². The number of rotatable bonds is 6. The first kappa shape index (κ1) is 24.4. The van der Waals surface area contributed by atoms with Gasteiger partial charge in [0, 0.05) is 29.9 Å². The summed E-state index contributed by atoms with van der Waals surface area (Å²) in [6, 6.07) is 12.3. The third-order valence-corrected chi connectivity index (χ3v) is 6.18. The second kappa shape index (κ2) is 10.0. The minimum absolute atomic E-state index is 0.0367. The van der Waals surface area contributed by atoms with E-state index >= 15 is 0 Å². The number of carbonyl (C=O) groups is 2. The van der Waals surface area contributed by atoms with Gasteiger partial charge in [-0.1, -0.05) is 6.07 Å². The molecule has 2 aromatic heterocycles. The average Bonchev–Trinajstić information content (AvgIpc) is 3.50. The summed E-state index contributed by atoms with van der Waals surface area (Å²) in [4.78, 5) is 34.5. The number of likely N-dealkylation sites (tertiary alicyclic amines) is 1. The molecule has 0 unspecified atom stereocenters. The van der Waals surface area contributed by atoms with Gasteiger partial charge in [0.05, 0.1) is 22.8 Å². The van der Waals surface area contributed by atoms with Gasteiger partial charge in [-0.25, -0.2) is 14.8 Å². The quantitative estimate of drug-likeness (QED) is 0.346. The van der Waals surface area contributed by atoms with E-state index in [-0.39, 0.29) is 11.7 Å². The molecule has 1 amide bonds. The van der Waals surface area contributed by atoms with Crippen LogP contribution in [0.15, 0.2) is 67.1 Å². The molecule has 0 radical (unpaired) electrons. The second-order valence-electron chi connectivity index (χ2n) is 8.68. The normalized spacial score (nSPS) is 16.1. The van der Waals surface area contributed by atoms with Crippen molar-refractivity contribution in [3.63, 3.8) is 0 Å². The van der Waals surface area contributed by atoms with Gasteiger partial charge in [0.25, 0.3) is 0 Å². The lowest BCUT2D eigenvalue weighted by Crippen LogP contribution is -2.30. The molecule has 0 bridgehead atoms. The third-order valence-electron chi connectivity index (χ3n) is 6.18. The number of hydrogen-bond acceptors (Lipinski definition) is 6. The molecule has 2 aromatic carbocycles. The number of carbonyl (C=O) groups excluding carboxylic acids is 2. The number of nitrogens with zero attached hydrogens (tertiary/aromatic N) is 4. The van der Waals surface area contributed by atoms with Gasteiger partial charge in [0.1, 0.15) is 18.4 Å². The van der Waals surface area contributed by atoms with Gasteiger partial charge >= 0.3 is 12.2 Å². The molecule has 0 saturated carbocycles. The van der Waals surface area contributed by atoms with Gasteiger partial charge in [0.15, 0.2) is 0 Å². The van der Waals surface area contributed by atoms with Gasteiger partial charge in [-0.3, -0.25) is 9.47 Å². The lowest BCUT2D eigenvalue weighted by Gasteiger charge is -2.19.